The molecule has 0 aromatic heterocycles. The van der Waals surface area contributed by atoms with Gasteiger partial charge >= 0.3 is 0 Å². The molecule has 0 spiro atoms. The van der Waals surface area contributed by atoms with E-state index in [2.05, 4.69) is 5.32 Å². The Balaban J connectivity index is 2.47. The Kier molecular flexibility index (Phi) is 2.26. The van der Waals surface area contributed by atoms with E-state index in [9.17, 15) is 4.79 Å². The highest BCUT2D eigenvalue weighted by Crippen LogP contribution is 2.32. The van der Waals surface area contributed by atoms with E-state index in [0.29, 0.717) is 6.42 Å². The van der Waals surface area contributed by atoms with Crippen molar-refractivity contribution in [2.24, 2.45) is 0 Å². The summed E-state index contributed by atoms with van der Waals surface area (Å²) < 4.78 is 0. The number of nitrogens with two attached hydrogens (primary N) is 1. The van der Waals surface area contributed by atoms with Crippen molar-refractivity contribution in [2.75, 3.05) is 30.0 Å². The molecule has 4 heteroatoms. The smallest absolute Gasteiger partial charge is 0.224 e. The van der Waals surface area contributed by atoms with Crippen LogP contribution in [0.25, 0.3) is 0 Å². The van der Waals surface area contributed by atoms with Crippen LogP contribution >= 0.6 is 0 Å². The van der Waals surface area contributed by atoms with Gasteiger partial charge in [-0.3, -0.25) is 4.79 Å². The number of anilines is 3. The third-order valence-electron chi connectivity index (χ3n) is 2.63. The van der Waals surface area contributed by atoms with Gasteiger partial charge in [0, 0.05) is 26.2 Å². The molecule has 0 saturated carbocycles. The molecule has 1 heterocycles. The van der Waals surface area contributed by atoms with E-state index in [4.69, 9.17) is 5.73 Å². The Hall–Kier alpha value is -1.71. The maximum absolute atomic E-state index is 11.2. The van der Waals surface area contributed by atoms with Crippen LogP contribution in [0.2, 0.25) is 0 Å². The molecule has 0 atom stereocenters. The molecule has 2 rings (SSSR count). The average Bonchev–Trinajstić information content (AvgIpc) is 2.17. The van der Waals surface area contributed by atoms with Crippen molar-refractivity contribution >= 4 is 23.0 Å². The van der Waals surface area contributed by atoms with Crippen LogP contribution in [0.3, 0.4) is 0 Å². The summed E-state index contributed by atoms with van der Waals surface area (Å²) in [5.41, 5.74) is 9.64. The van der Waals surface area contributed by atoms with Crippen LogP contribution in [0.4, 0.5) is 17.1 Å². The number of amides is 1. The predicted molar refractivity (Wildman–Crippen MR) is 62.1 cm³/mol. The van der Waals surface area contributed by atoms with Crippen LogP contribution in [0.15, 0.2) is 12.1 Å². The van der Waals surface area contributed by atoms with Crippen LogP contribution < -0.4 is 16.0 Å². The van der Waals surface area contributed by atoms with Gasteiger partial charge in [0.2, 0.25) is 5.91 Å². The molecule has 0 unspecified atom stereocenters. The molecule has 1 aromatic carbocycles. The molecular formula is C11H15N3O. The Morgan fingerprint density at radius 3 is 2.73 bits per heavy atom. The van der Waals surface area contributed by atoms with Crippen molar-refractivity contribution in [2.45, 2.75) is 12.8 Å². The maximum atomic E-state index is 11.2. The number of fused-ring (bicyclic) bond motifs is 1. The highest BCUT2D eigenvalue weighted by molar-refractivity contribution is 5.95. The minimum Gasteiger partial charge on any atom is -0.397 e. The first-order valence-electron chi connectivity index (χ1n) is 4.97. The summed E-state index contributed by atoms with van der Waals surface area (Å²) in [5, 5.41) is 2.86. The fraction of sp³-hybridized carbons (Fsp3) is 0.364. The van der Waals surface area contributed by atoms with Gasteiger partial charge in [-0.1, -0.05) is 0 Å². The Morgan fingerprint density at radius 2 is 2.07 bits per heavy atom. The largest absolute Gasteiger partial charge is 0.397 e. The zero-order chi connectivity index (χ0) is 11.0. The van der Waals surface area contributed by atoms with Crippen molar-refractivity contribution in [3.63, 3.8) is 0 Å². The summed E-state index contributed by atoms with van der Waals surface area (Å²) >= 11 is 0. The number of carbonyl (C=O) groups is 1. The van der Waals surface area contributed by atoms with Crippen molar-refractivity contribution in [1.82, 2.24) is 0 Å². The number of nitrogens with zero attached hydrogens (tertiary/aromatic N) is 1. The van der Waals surface area contributed by atoms with Crippen LogP contribution in [0, 0.1) is 0 Å². The van der Waals surface area contributed by atoms with Crippen LogP contribution in [-0.2, 0) is 11.2 Å². The SMILES string of the molecule is CN(C)c1cc2c(cc1N)CCC(=O)N2. The molecule has 1 amide bonds. The number of nitrogens with one attached hydrogen (secondary N) is 1. The summed E-state index contributed by atoms with van der Waals surface area (Å²) in [6.07, 6.45) is 1.33. The number of hydrogen-bond acceptors (Lipinski definition) is 3. The summed E-state index contributed by atoms with van der Waals surface area (Å²) in [7, 11) is 3.87. The van der Waals surface area contributed by atoms with E-state index in [1.165, 1.54) is 0 Å². The number of benzene rings is 1. The lowest BCUT2D eigenvalue weighted by atomic mass is 10.0. The van der Waals surface area contributed by atoms with Gasteiger partial charge in [-0.25, -0.2) is 0 Å². The number of nitrogen functional groups attached to an aromatic ring is 1. The standard InChI is InChI=1S/C11H15N3O/c1-14(2)10-6-9-7(5-8(10)12)3-4-11(15)13-9/h5-6H,3-4,12H2,1-2H3,(H,13,15). The van der Waals surface area contributed by atoms with Gasteiger partial charge in [0.05, 0.1) is 11.4 Å². The minimum atomic E-state index is 0.0805. The van der Waals surface area contributed by atoms with Crippen LogP contribution in [0.1, 0.15) is 12.0 Å². The maximum Gasteiger partial charge on any atom is 0.224 e. The van der Waals surface area contributed by atoms with Gasteiger partial charge in [-0.05, 0) is 24.1 Å². The van der Waals surface area contributed by atoms with E-state index in [-0.39, 0.29) is 5.91 Å². The quantitative estimate of drug-likeness (QED) is 0.678. The summed E-state index contributed by atoms with van der Waals surface area (Å²) in [6.45, 7) is 0. The molecule has 1 aliphatic rings. The second-order valence-electron chi connectivity index (χ2n) is 4.01. The van der Waals surface area contributed by atoms with Crippen molar-refractivity contribution in [3.8, 4) is 0 Å². The molecule has 1 aromatic rings. The highest BCUT2D eigenvalue weighted by Gasteiger charge is 2.16. The first kappa shape index (κ1) is 9.83. The zero-order valence-electron chi connectivity index (χ0n) is 9.00. The molecule has 3 N–H and O–H groups in total. The van der Waals surface area contributed by atoms with Crippen molar-refractivity contribution in [1.29, 1.82) is 0 Å². The van der Waals surface area contributed by atoms with Gasteiger partial charge in [-0.15, -0.1) is 0 Å². The molecule has 0 saturated heterocycles. The third kappa shape index (κ3) is 1.75. The zero-order valence-corrected chi connectivity index (χ0v) is 9.00. The molecule has 1 aliphatic heterocycles. The minimum absolute atomic E-state index is 0.0805. The molecule has 4 nitrogen and oxygen atoms in total. The van der Waals surface area contributed by atoms with Crippen LogP contribution in [-0.4, -0.2) is 20.0 Å². The highest BCUT2D eigenvalue weighted by atomic mass is 16.1. The number of hydrogen-bond donors (Lipinski definition) is 2. The molecule has 80 valence electrons. The van der Waals surface area contributed by atoms with Crippen LogP contribution in [0.5, 0.6) is 0 Å². The fourth-order valence-electron chi connectivity index (χ4n) is 1.82. The lowest BCUT2D eigenvalue weighted by molar-refractivity contribution is -0.116. The second-order valence-corrected chi connectivity index (χ2v) is 4.01. The first-order valence-corrected chi connectivity index (χ1v) is 4.97. The van der Waals surface area contributed by atoms with E-state index in [1.54, 1.807) is 0 Å². The third-order valence-corrected chi connectivity index (χ3v) is 2.63. The number of rotatable bonds is 1. The van der Waals surface area contributed by atoms with E-state index < -0.39 is 0 Å². The lowest BCUT2D eigenvalue weighted by Crippen LogP contribution is -2.20. The van der Waals surface area contributed by atoms with Gasteiger partial charge in [-0.2, -0.15) is 0 Å². The Bertz CT molecular complexity index is 413. The predicted octanol–water partition coefficient (Wildman–Crippen LogP) is 1.22. The van der Waals surface area contributed by atoms with Gasteiger partial charge in [0.1, 0.15) is 0 Å². The molecule has 0 bridgehead atoms. The summed E-state index contributed by atoms with van der Waals surface area (Å²) in [5.74, 6) is 0.0805. The molecular weight excluding hydrogens is 190 g/mol. The Labute approximate surface area is 89.1 Å². The first-order chi connectivity index (χ1) is 7.08. The normalized spacial score (nSPS) is 14.4. The molecule has 15 heavy (non-hydrogen) atoms. The second kappa shape index (κ2) is 3.46. The topological polar surface area (TPSA) is 58.4 Å². The monoisotopic (exact) mass is 205 g/mol. The molecule has 0 fully saturated rings. The van der Waals surface area contributed by atoms with Crippen molar-refractivity contribution in [3.05, 3.63) is 17.7 Å². The van der Waals surface area contributed by atoms with Crippen molar-refractivity contribution < 1.29 is 4.79 Å². The van der Waals surface area contributed by atoms with E-state index in [1.807, 2.05) is 31.1 Å². The summed E-state index contributed by atoms with van der Waals surface area (Å²) in [4.78, 5) is 13.2. The number of aryl methyl sites for hydroxylation is 1. The number of carbonyl (C=O) groups excluding carboxylic acids is 1. The van der Waals surface area contributed by atoms with Gasteiger partial charge in [0.15, 0.2) is 0 Å². The lowest BCUT2D eigenvalue weighted by Gasteiger charge is -2.22. The van der Waals surface area contributed by atoms with E-state index >= 15 is 0 Å². The fourth-order valence-corrected chi connectivity index (χ4v) is 1.82. The van der Waals surface area contributed by atoms with E-state index in [0.717, 1.165) is 29.0 Å². The summed E-state index contributed by atoms with van der Waals surface area (Å²) in [6, 6.07) is 3.88. The van der Waals surface area contributed by atoms with Gasteiger partial charge < -0.3 is 16.0 Å². The average molecular weight is 205 g/mol. The Morgan fingerprint density at radius 1 is 1.33 bits per heavy atom. The molecule has 0 radical (unpaired) electrons. The molecule has 0 aliphatic carbocycles. The van der Waals surface area contributed by atoms with Gasteiger partial charge in [0.25, 0.3) is 0 Å².